The average molecular weight is 265 g/mol. The lowest BCUT2D eigenvalue weighted by Gasteiger charge is -2.20. The van der Waals surface area contributed by atoms with Crippen LogP contribution in [-0.4, -0.2) is 6.54 Å². The number of hydrogen-bond donors (Lipinski definition) is 1. The van der Waals surface area contributed by atoms with E-state index >= 15 is 0 Å². The van der Waals surface area contributed by atoms with Gasteiger partial charge in [0.25, 0.3) is 0 Å². The molecule has 0 aliphatic carbocycles. The van der Waals surface area contributed by atoms with E-state index < -0.39 is 0 Å². The minimum absolute atomic E-state index is 0.130. The zero-order valence-electron chi connectivity index (χ0n) is 12.6. The Labute approximate surface area is 117 Å². The average Bonchev–Trinajstić information content (AvgIpc) is 2.40. The zero-order valence-corrected chi connectivity index (χ0v) is 12.6. The molecule has 1 nitrogen and oxygen atoms in total. The highest BCUT2D eigenvalue weighted by Crippen LogP contribution is 2.24. The Bertz CT molecular complexity index is 362. The summed E-state index contributed by atoms with van der Waals surface area (Å²) >= 11 is 0. The molecule has 0 aromatic heterocycles. The molecule has 0 spiro atoms. The molecule has 1 rings (SSSR count). The minimum atomic E-state index is -0.130. The molecule has 0 aliphatic heterocycles. The Morgan fingerprint density at radius 2 is 1.84 bits per heavy atom. The van der Waals surface area contributed by atoms with Crippen molar-refractivity contribution in [2.45, 2.75) is 65.3 Å². The van der Waals surface area contributed by atoms with Crippen molar-refractivity contribution in [2.75, 3.05) is 6.54 Å². The van der Waals surface area contributed by atoms with Crippen LogP contribution < -0.4 is 5.32 Å². The third kappa shape index (κ3) is 5.73. The van der Waals surface area contributed by atoms with Gasteiger partial charge in [-0.15, -0.1) is 0 Å². The van der Waals surface area contributed by atoms with Crippen LogP contribution in [0, 0.1) is 12.7 Å². The molecular formula is C17H28FN. The molecular weight excluding hydrogens is 237 g/mol. The van der Waals surface area contributed by atoms with Gasteiger partial charge < -0.3 is 5.32 Å². The maximum absolute atomic E-state index is 13.4. The van der Waals surface area contributed by atoms with E-state index in [0.29, 0.717) is 6.04 Å². The molecule has 1 unspecified atom stereocenters. The van der Waals surface area contributed by atoms with Gasteiger partial charge in [0.1, 0.15) is 5.82 Å². The van der Waals surface area contributed by atoms with E-state index in [1.807, 2.05) is 6.07 Å². The van der Waals surface area contributed by atoms with Crippen molar-refractivity contribution >= 4 is 0 Å². The molecule has 0 saturated carbocycles. The fourth-order valence-electron chi connectivity index (χ4n) is 2.55. The second-order valence-electron chi connectivity index (χ2n) is 5.31. The van der Waals surface area contributed by atoms with Gasteiger partial charge in [0, 0.05) is 6.04 Å². The lowest BCUT2D eigenvalue weighted by molar-refractivity contribution is 0.474. The van der Waals surface area contributed by atoms with E-state index in [0.717, 1.165) is 18.5 Å². The summed E-state index contributed by atoms with van der Waals surface area (Å²) in [6.45, 7) is 7.34. The summed E-state index contributed by atoms with van der Waals surface area (Å²) in [4.78, 5) is 0. The van der Waals surface area contributed by atoms with E-state index in [2.05, 4.69) is 26.1 Å². The second kappa shape index (κ2) is 9.08. The molecule has 1 N–H and O–H groups in total. The number of halogens is 1. The van der Waals surface area contributed by atoms with E-state index in [-0.39, 0.29) is 5.82 Å². The van der Waals surface area contributed by atoms with Crippen LogP contribution in [-0.2, 0) is 0 Å². The van der Waals surface area contributed by atoms with E-state index in [9.17, 15) is 4.39 Å². The molecule has 0 heterocycles. The number of rotatable bonds is 9. The molecule has 0 aliphatic rings. The molecule has 0 amide bonds. The topological polar surface area (TPSA) is 12.0 Å². The first-order chi connectivity index (χ1) is 9.19. The second-order valence-corrected chi connectivity index (χ2v) is 5.31. The Morgan fingerprint density at radius 1 is 1.11 bits per heavy atom. The third-order valence-electron chi connectivity index (χ3n) is 3.66. The Balaban J connectivity index is 2.58. The summed E-state index contributed by atoms with van der Waals surface area (Å²) < 4.78 is 13.4. The first-order valence-electron chi connectivity index (χ1n) is 7.68. The van der Waals surface area contributed by atoms with Gasteiger partial charge in [-0.2, -0.15) is 0 Å². The predicted molar refractivity (Wildman–Crippen MR) is 80.9 cm³/mol. The van der Waals surface area contributed by atoms with Crippen molar-refractivity contribution in [3.63, 3.8) is 0 Å². The fraction of sp³-hybridized carbons (Fsp3) is 0.647. The van der Waals surface area contributed by atoms with Crippen LogP contribution in [0.5, 0.6) is 0 Å². The molecule has 108 valence electrons. The molecule has 1 aromatic rings. The summed E-state index contributed by atoms with van der Waals surface area (Å²) in [6.07, 6.45) is 7.52. The van der Waals surface area contributed by atoms with Crippen LogP contribution in [0.15, 0.2) is 18.2 Å². The Kier molecular flexibility index (Phi) is 7.73. The molecule has 19 heavy (non-hydrogen) atoms. The van der Waals surface area contributed by atoms with Crippen molar-refractivity contribution in [2.24, 2.45) is 0 Å². The van der Waals surface area contributed by atoms with Gasteiger partial charge in [0.05, 0.1) is 0 Å². The molecule has 0 saturated heterocycles. The summed E-state index contributed by atoms with van der Waals surface area (Å²) in [6, 6.07) is 5.41. The maximum atomic E-state index is 13.4. The summed E-state index contributed by atoms with van der Waals surface area (Å²) in [5, 5.41) is 3.49. The van der Waals surface area contributed by atoms with Gasteiger partial charge >= 0.3 is 0 Å². The number of nitrogens with one attached hydrogen (secondary N) is 1. The zero-order chi connectivity index (χ0) is 14.1. The number of benzene rings is 1. The van der Waals surface area contributed by atoms with Crippen molar-refractivity contribution in [3.8, 4) is 0 Å². The highest BCUT2D eigenvalue weighted by molar-refractivity contribution is 5.29. The van der Waals surface area contributed by atoms with Crippen LogP contribution in [0.1, 0.15) is 69.5 Å². The summed E-state index contributed by atoms with van der Waals surface area (Å²) in [7, 11) is 0. The van der Waals surface area contributed by atoms with Gasteiger partial charge in [-0.3, -0.25) is 0 Å². The van der Waals surface area contributed by atoms with Crippen LogP contribution in [0.25, 0.3) is 0 Å². The molecule has 1 aromatic carbocycles. The van der Waals surface area contributed by atoms with Gasteiger partial charge in [-0.1, -0.05) is 52.0 Å². The first-order valence-corrected chi connectivity index (χ1v) is 7.68. The van der Waals surface area contributed by atoms with E-state index in [1.165, 1.54) is 37.7 Å². The smallest absolute Gasteiger partial charge is 0.123 e. The number of aryl methyl sites for hydroxylation is 1. The maximum Gasteiger partial charge on any atom is 0.123 e. The Hall–Kier alpha value is -0.890. The van der Waals surface area contributed by atoms with Crippen molar-refractivity contribution < 1.29 is 4.39 Å². The molecule has 1 atom stereocenters. The quantitative estimate of drug-likeness (QED) is 0.609. The molecule has 0 radical (unpaired) electrons. The summed E-state index contributed by atoms with van der Waals surface area (Å²) in [5.74, 6) is -0.130. The highest BCUT2D eigenvalue weighted by atomic mass is 19.1. The van der Waals surface area contributed by atoms with E-state index in [4.69, 9.17) is 0 Å². The molecule has 2 heteroatoms. The highest BCUT2D eigenvalue weighted by Gasteiger charge is 2.13. The molecule has 0 fully saturated rings. The van der Waals surface area contributed by atoms with Gasteiger partial charge in [0.2, 0.25) is 0 Å². The predicted octanol–water partition coefficient (Wildman–Crippen LogP) is 5.15. The van der Waals surface area contributed by atoms with Gasteiger partial charge in [-0.05, 0) is 43.1 Å². The van der Waals surface area contributed by atoms with Gasteiger partial charge in [-0.25, -0.2) is 4.39 Å². The number of unbranched alkanes of at least 4 members (excludes halogenated alkanes) is 4. The SMILES string of the molecule is CCCCCCCC(NCC)c1cc(F)ccc1C. The lowest BCUT2D eigenvalue weighted by atomic mass is 9.96. The summed E-state index contributed by atoms with van der Waals surface area (Å²) in [5.41, 5.74) is 2.30. The fourth-order valence-corrected chi connectivity index (χ4v) is 2.55. The van der Waals surface area contributed by atoms with Crippen molar-refractivity contribution in [1.29, 1.82) is 0 Å². The van der Waals surface area contributed by atoms with E-state index in [1.54, 1.807) is 12.1 Å². The normalized spacial score (nSPS) is 12.6. The van der Waals surface area contributed by atoms with Crippen LogP contribution in [0.4, 0.5) is 4.39 Å². The van der Waals surface area contributed by atoms with Crippen LogP contribution in [0.2, 0.25) is 0 Å². The van der Waals surface area contributed by atoms with Gasteiger partial charge in [0.15, 0.2) is 0 Å². The third-order valence-corrected chi connectivity index (χ3v) is 3.66. The van der Waals surface area contributed by atoms with Crippen molar-refractivity contribution in [3.05, 3.63) is 35.1 Å². The number of hydrogen-bond acceptors (Lipinski definition) is 1. The van der Waals surface area contributed by atoms with Crippen LogP contribution in [0.3, 0.4) is 0 Å². The largest absolute Gasteiger partial charge is 0.310 e. The lowest BCUT2D eigenvalue weighted by Crippen LogP contribution is -2.21. The monoisotopic (exact) mass is 265 g/mol. The first kappa shape index (κ1) is 16.2. The van der Waals surface area contributed by atoms with Crippen LogP contribution >= 0.6 is 0 Å². The molecule has 0 bridgehead atoms. The Morgan fingerprint density at radius 3 is 2.53 bits per heavy atom. The minimum Gasteiger partial charge on any atom is -0.310 e. The standard InChI is InChI=1S/C17H28FN/c1-4-6-7-8-9-10-17(19-5-2)16-13-15(18)12-11-14(16)3/h11-13,17,19H,4-10H2,1-3H3. The van der Waals surface area contributed by atoms with Crippen molar-refractivity contribution in [1.82, 2.24) is 5.32 Å².